The molecule has 0 atom stereocenters. The van der Waals surface area contributed by atoms with E-state index in [9.17, 15) is 4.79 Å². The molecule has 1 aliphatic rings. The van der Waals surface area contributed by atoms with Crippen LogP contribution >= 0.6 is 0 Å². The van der Waals surface area contributed by atoms with Crippen LogP contribution in [0.2, 0.25) is 0 Å². The van der Waals surface area contributed by atoms with Gasteiger partial charge in [-0.1, -0.05) is 30.3 Å². The van der Waals surface area contributed by atoms with Gasteiger partial charge < -0.3 is 20.7 Å². The SMILES string of the molecule is CCNc1cc(C)nc(NCCNC(=O)C2(c3ccccc3)CCOCC2)n1. The summed E-state index contributed by atoms with van der Waals surface area (Å²) in [5.41, 5.74) is 1.43. The van der Waals surface area contributed by atoms with Gasteiger partial charge in [-0.05, 0) is 32.3 Å². The number of rotatable bonds is 8. The van der Waals surface area contributed by atoms with Crippen molar-refractivity contribution in [2.24, 2.45) is 0 Å². The van der Waals surface area contributed by atoms with Gasteiger partial charge in [0.05, 0.1) is 5.41 Å². The molecule has 1 aromatic heterocycles. The summed E-state index contributed by atoms with van der Waals surface area (Å²) in [7, 11) is 0. The number of hydrogen-bond donors (Lipinski definition) is 3. The smallest absolute Gasteiger partial charge is 0.230 e. The van der Waals surface area contributed by atoms with Crippen molar-refractivity contribution in [2.75, 3.05) is 43.5 Å². The fourth-order valence-corrected chi connectivity index (χ4v) is 3.56. The highest BCUT2D eigenvalue weighted by atomic mass is 16.5. The molecule has 0 bridgehead atoms. The maximum absolute atomic E-state index is 13.1. The molecule has 1 fully saturated rings. The van der Waals surface area contributed by atoms with Crippen LogP contribution in [0.3, 0.4) is 0 Å². The zero-order chi connectivity index (χ0) is 19.8. The van der Waals surface area contributed by atoms with Crippen LogP contribution in [0.5, 0.6) is 0 Å². The topological polar surface area (TPSA) is 88.2 Å². The molecule has 0 radical (unpaired) electrons. The average molecular weight is 383 g/mol. The second kappa shape index (κ2) is 9.50. The number of carbonyl (C=O) groups is 1. The van der Waals surface area contributed by atoms with Crippen molar-refractivity contribution in [3.05, 3.63) is 47.7 Å². The standard InChI is InChI=1S/C21H29N5O2/c1-3-22-18-15-16(2)25-20(26-18)24-12-11-23-19(27)21(9-13-28-14-10-21)17-7-5-4-6-8-17/h4-8,15H,3,9-14H2,1-2H3,(H,23,27)(H2,22,24,25,26). The molecule has 0 aliphatic carbocycles. The highest BCUT2D eigenvalue weighted by Gasteiger charge is 2.41. The summed E-state index contributed by atoms with van der Waals surface area (Å²) in [4.78, 5) is 21.9. The van der Waals surface area contributed by atoms with Gasteiger partial charge in [-0.3, -0.25) is 4.79 Å². The van der Waals surface area contributed by atoms with E-state index >= 15 is 0 Å². The van der Waals surface area contributed by atoms with Crippen LogP contribution in [0.25, 0.3) is 0 Å². The van der Waals surface area contributed by atoms with E-state index in [1.165, 1.54) is 0 Å². The number of nitrogens with one attached hydrogen (secondary N) is 3. The lowest BCUT2D eigenvalue weighted by Crippen LogP contribution is -2.49. The molecule has 1 amide bonds. The number of ether oxygens (including phenoxy) is 1. The van der Waals surface area contributed by atoms with E-state index in [0.717, 1.165) is 23.6 Å². The highest BCUT2D eigenvalue weighted by molar-refractivity contribution is 5.88. The van der Waals surface area contributed by atoms with Crippen LogP contribution in [-0.4, -0.2) is 48.7 Å². The molecular formula is C21H29N5O2. The zero-order valence-corrected chi connectivity index (χ0v) is 16.6. The molecule has 28 heavy (non-hydrogen) atoms. The number of carbonyl (C=O) groups excluding carboxylic acids is 1. The number of aryl methyl sites for hydroxylation is 1. The van der Waals surface area contributed by atoms with Gasteiger partial charge >= 0.3 is 0 Å². The minimum atomic E-state index is -0.516. The van der Waals surface area contributed by atoms with E-state index in [1.54, 1.807) is 0 Å². The molecule has 2 aromatic rings. The van der Waals surface area contributed by atoms with Crippen molar-refractivity contribution in [3.63, 3.8) is 0 Å². The van der Waals surface area contributed by atoms with Crippen LogP contribution in [0, 0.1) is 6.92 Å². The summed E-state index contributed by atoms with van der Waals surface area (Å²) in [5, 5.41) is 9.47. The molecule has 2 heterocycles. The molecule has 7 nitrogen and oxygen atoms in total. The van der Waals surface area contributed by atoms with Crippen LogP contribution in [0.1, 0.15) is 31.0 Å². The Labute approximate surface area is 166 Å². The number of amides is 1. The molecule has 0 saturated carbocycles. The van der Waals surface area contributed by atoms with Gasteiger partial charge in [0, 0.05) is 44.6 Å². The lowest BCUT2D eigenvalue weighted by molar-refractivity contribution is -0.130. The Morgan fingerprint density at radius 1 is 1.11 bits per heavy atom. The number of nitrogens with zero attached hydrogens (tertiary/aromatic N) is 2. The molecule has 7 heteroatoms. The Morgan fingerprint density at radius 2 is 1.86 bits per heavy atom. The van der Waals surface area contributed by atoms with Crippen molar-refractivity contribution in [3.8, 4) is 0 Å². The van der Waals surface area contributed by atoms with Gasteiger partial charge in [0.2, 0.25) is 11.9 Å². The van der Waals surface area contributed by atoms with Gasteiger partial charge in [-0.2, -0.15) is 4.98 Å². The maximum Gasteiger partial charge on any atom is 0.230 e. The molecule has 1 aromatic carbocycles. The van der Waals surface area contributed by atoms with E-state index in [4.69, 9.17) is 4.74 Å². The molecule has 1 saturated heterocycles. The number of aromatic nitrogens is 2. The van der Waals surface area contributed by atoms with E-state index in [2.05, 4.69) is 25.9 Å². The quantitative estimate of drug-likeness (QED) is 0.607. The lowest BCUT2D eigenvalue weighted by Gasteiger charge is -2.36. The Kier molecular flexibility index (Phi) is 6.81. The fraction of sp³-hybridized carbons (Fsp3) is 0.476. The van der Waals surface area contributed by atoms with Gasteiger partial charge in [-0.25, -0.2) is 4.98 Å². The first-order valence-electron chi connectivity index (χ1n) is 9.89. The first-order chi connectivity index (χ1) is 13.6. The van der Waals surface area contributed by atoms with Crippen molar-refractivity contribution in [2.45, 2.75) is 32.1 Å². The van der Waals surface area contributed by atoms with Crippen LogP contribution in [0.15, 0.2) is 36.4 Å². The molecule has 0 spiro atoms. The third-order valence-electron chi connectivity index (χ3n) is 5.01. The number of benzene rings is 1. The van der Waals surface area contributed by atoms with E-state index in [-0.39, 0.29) is 5.91 Å². The van der Waals surface area contributed by atoms with Crippen LogP contribution < -0.4 is 16.0 Å². The molecule has 1 aliphatic heterocycles. The van der Waals surface area contributed by atoms with Crippen molar-refractivity contribution >= 4 is 17.7 Å². The summed E-state index contributed by atoms with van der Waals surface area (Å²) in [5.74, 6) is 1.42. The van der Waals surface area contributed by atoms with E-state index in [1.807, 2.05) is 50.2 Å². The monoisotopic (exact) mass is 383 g/mol. The highest BCUT2D eigenvalue weighted by Crippen LogP contribution is 2.35. The van der Waals surface area contributed by atoms with E-state index < -0.39 is 5.41 Å². The summed E-state index contributed by atoms with van der Waals surface area (Å²) in [6.45, 7) is 7.03. The lowest BCUT2D eigenvalue weighted by atomic mass is 9.73. The molecule has 0 unspecified atom stereocenters. The maximum atomic E-state index is 13.1. The predicted molar refractivity (Wildman–Crippen MR) is 111 cm³/mol. The normalized spacial score (nSPS) is 15.6. The third-order valence-corrected chi connectivity index (χ3v) is 5.01. The van der Waals surface area contributed by atoms with Crippen molar-refractivity contribution in [1.29, 1.82) is 0 Å². The molecular weight excluding hydrogens is 354 g/mol. The Morgan fingerprint density at radius 3 is 2.57 bits per heavy atom. The third kappa shape index (κ3) is 4.78. The van der Waals surface area contributed by atoms with Gasteiger partial charge in [0.25, 0.3) is 0 Å². The number of hydrogen-bond acceptors (Lipinski definition) is 6. The Balaban J connectivity index is 1.58. The fourth-order valence-electron chi connectivity index (χ4n) is 3.56. The first kappa shape index (κ1) is 20.1. The van der Waals surface area contributed by atoms with E-state index in [0.29, 0.717) is 45.1 Å². The Bertz CT molecular complexity index is 776. The summed E-state index contributed by atoms with van der Waals surface area (Å²) in [6.07, 6.45) is 1.40. The van der Waals surface area contributed by atoms with Gasteiger partial charge in [-0.15, -0.1) is 0 Å². The van der Waals surface area contributed by atoms with Crippen LogP contribution in [-0.2, 0) is 14.9 Å². The summed E-state index contributed by atoms with van der Waals surface area (Å²) >= 11 is 0. The molecule has 150 valence electrons. The minimum absolute atomic E-state index is 0.0577. The van der Waals surface area contributed by atoms with Crippen molar-refractivity contribution < 1.29 is 9.53 Å². The summed E-state index contributed by atoms with van der Waals surface area (Å²) < 4.78 is 5.51. The van der Waals surface area contributed by atoms with Gasteiger partial charge in [0.1, 0.15) is 5.82 Å². The van der Waals surface area contributed by atoms with Crippen LogP contribution in [0.4, 0.5) is 11.8 Å². The summed E-state index contributed by atoms with van der Waals surface area (Å²) in [6, 6.07) is 11.9. The first-order valence-corrected chi connectivity index (χ1v) is 9.89. The second-order valence-corrected chi connectivity index (χ2v) is 6.99. The molecule has 3 rings (SSSR count). The Hall–Kier alpha value is -2.67. The minimum Gasteiger partial charge on any atom is -0.381 e. The largest absolute Gasteiger partial charge is 0.381 e. The van der Waals surface area contributed by atoms with Gasteiger partial charge in [0.15, 0.2) is 0 Å². The number of anilines is 2. The second-order valence-electron chi connectivity index (χ2n) is 6.99. The zero-order valence-electron chi connectivity index (χ0n) is 16.6. The predicted octanol–water partition coefficient (Wildman–Crippen LogP) is 2.49. The van der Waals surface area contributed by atoms with Crippen molar-refractivity contribution in [1.82, 2.24) is 15.3 Å². The molecule has 3 N–H and O–H groups in total. The average Bonchev–Trinajstić information content (AvgIpc) is 2.72.